The van der Waals surface area contributed by atoms with Gasteiger partial charge in [0.2, 0.25) is 14.3 Å². The van der Waals surface area contributed by atoms with Crippen molar-refractivity contribution in [1.82, 2.24) is 0 Å². The Kier molecular flexibility index (Phi) is 7.49. The van der Waals surface area contributed by atoms with Crippen molar-refractivity contribution in [3.8, 4) is 0 Å². The first kappa shape index (κ1) is 22.0. The average Bonchev–Trinajstić information content (AvgIpc) is 2.77. The van der Waals surface area contributed by atoms with Crippen molar-refractivity contribution in [2.45, 2.75) is 0 Å². The van der Waals surface area contributed by atoms with Crippen LogP contribution in [0.1, 0.15) is 0 Å². The molecule has 29 heavy (non-hydrogen) atoms. The zero-order valence-corrected chi connectivity index (χ0v) is 19.9. The highest BCUT2D eigenvalue weighted by Crippen LogP contribution is 2.68. The Bertz CT molecular complexity index is 839. The van der Waals surface area contributed by atoms with Crippen LogP contribution in [0.5, 0.6) is 0 Å². The second kappa shape index (κ2) is 9.87. The van der Waals surface area contributed by atoms with Crippen LogP contribution in [0.15, 0.2) is 95.5 Å². The highest BCUT2D eigenvalue weighted by atomic mass is 35.9. The maximum atomic E-state index is 6.37. The van der Waals surface area contributed by atoms with E-state index in [9.17, 15) is 0 Å². The molecule has 0 aliphatic rings. The number of nitrogens with zero attached hydrogens (tertiary/aromatic N) is 4. The van der Waals surface area contributed by atoms with Crippen LogP contribution in [0.4, 0.5) is 17.1 Å². The van der Waals surface area contributed by atoms with Crippen molar-refractivity contribution in [2.24, 2.45) is 4.52 Å². The normalized spacial score (nSPS) is 11.2. The molecule has 0 bridgehead atoms. The van der Waals surface area contributed by atoms with Crippen molar-refractivity contribution in [2.75, 3.05) is 35.2 Å². The Morgan fingerprint density at radius 2 is 0.862 bits per heavy atom. The molecule has 0 heterocycles. The summed E-state index contributed by atoms with van der Waals surface area (Å²) in [5.74, 6) is 0. The van der Waals surface area contributed by atoms with Gasteiger partial charge >= 0.3 is 0 Å². The molecule has 0 spiro atoms. The molecule has 0 fully saturated rings. The van der Waals surface area contributed by atoms with E-state index in [2.05, 4.69) is 71.6 Å². The van der Waals surface area contributed by atoms with Crippen molar-refractivity contribution in [1.29, 1.82) is 0 Å². The first-order chi connectivity index (χ1) is 14.0. The lowest BCUT2D eigenvalue weighted by Crippen LogP contribution is -2.36. The molecule has 0 radical (unpaired) electrons. The molecular formula is C21H24Cl2N4P2. The molecule has 0 aromatic heterocycles. The Hall–Kier alpha value is -1.70. The minimum absolute atomic E-state index is 1.04. The Labute approximate surface area is 184 Å². The van der Waals surface area contributed by atoms with Gasteiger partial charge in [0.1, 0.15) is 0 Å². The van der Waals surface area contributed by atoms with Gasteiger partial charge in [0.15, 0.2) is 0 Å². The van der Waals surface area contributed by atoms with Gasteiger partial charge < -0.3 is 14.0 Å². The molecular weight excluding hydrogens is 441 g/mol. The largest absolute Gasteiger partial charge is 0.309 e. The second-order valence-electron chi connectivity index (χ2n) is 6.42. The first-order valence-electron chi connectivity index (χ1n) is 9.08. The van der Waals surface area contributed by atoms with Gasteiger partial charge in [-0.3, -0.25) is 0 Å². The second-order valence-corrected chi connectivity index (χ2v) is 12.9. The van der Waals surface area contributed by atoms with E-state index in [0.717, 1.165) is 17.1 Å². The minimum atomic E-state index is -2.60. The molecule has 0 saturated heterocycles. The minimum Gasteiger partial charge on any atom is -0.309 e. The van der Waals surface area contributed by atoms with Crippen molar-refractivity contribution in [3.05, 3.63) is 91.0 Å². The third kappa shape index (κ3) is 4.73. The standard InChI is InChI=1S/C21H24Cl2N4P2/c1-25(19-13-7-4-8-14-19)29(24-28(22)23,26(2)20-15-9-5-10-16-20)27(3)21-17-11-6-12-18-21/h4-18H,1-3H3. The quantitative estimate of drug-likeness (QED) is 0.330. The van der Waals surface area contributed by atoms with E-state index in [0.29, 0.717) is 0 Å². The molecule has 0 aliphatic heterocycles. The number of anilines is 3. The number of halogens is 2. The molecule has 3 aromatic rings. The van der Waals surface area contributed by atoms with Gasteiger partial charge in [0.25, 0.3) is 0 Å². The summed E-state index contributed by atoms with van der Waals surface area (Å²) in [6.45, 7) is -1.56. The predicted octanol–water partition coefficient (Wildman–Crippen LogP) is 8.05. The van der Waals surface area contributed by atoms with Crippen LogP contribution in [0, 0.1) is 0 Å². The van der Waals surface area contributed by atoms with Crippen molar-refractivity contribution >= 4 is 53.8 Å². The van der Waals surface area contributed by atoms with Crippen LogP contribution in [0.25, 0.3) is 0 Å². The van der Waals surface area contributed by atoms with Crippen molar-refractivity contribution < 1.29 is 0 Å². The molecule has 0 unspecified atom stereocenters. The van der Waals surface area contributed by atoms with Gasteiger partial charge in [-0.1, -0.05) is 77.1 Å². The summed E-state index contributed by atoms with van der Waals surface area (Å²) < 4.78 is 11.6. The Morgan fingerprint density at radius 1 is 0.586 bits per heavy atom. The van der Waals surface area contributed by atoms with Gasteiger partial charge in [-0.05, 0) is 36.4 Å². The van der Waals surface area contributed by atoms with E-state index in [4.69, 9.17) is 27.0 Å². The summed E-state index contributed by atoms with van der Waals surface area (Å²) in [5.41, 5.74) is 3.13. The number of benzene rings is 3. The highest BCUT2D eigenvalue weighted by Gasteiger charge is 2.37. The maximum absolute atomic E-state index is 6.37. The zero-order valence-electron chi connectivity index (χ0n) is 16.6. The number of hydrogen-bond acceptors (Lipinski definition) is 1. The molecule has 8 heteroatoms. The molecule has 0 amide bonds. The van der Waals surface area contributed by atoms with Gasteiger partial charge in [-0.2, -0.15) is 4.52 Å². The number of hydrogen-bond donors (Lipinski definition) is 0. The van der Waals surface area contributed by atoms with E-state index in [1.807, 2.05) is 54.6 Å². The fraction of sp³-hybridized carbons (Fsp3) is 0.143. The van der Waals surface area contributed by atoms with Gasteiger partial charge in [0.05, 0.1) is 0 Å². The summed E-state index contributed by atoms with van der Waals surface area (Å²) in [5, 5.41) is 0. The molecule has 0 aliphatic carbocycles. The van der Waals surface area contributed by atoms with E-state index in [1.54, 1.807) is 0 Å². The van der Waals surface area contributed by atoms with Crippen molar-refractivity contribution in [3.63, 3.8) is 0 Å². The van der Waals surface area contributed by atoms with Crippen LogP contribution in [0.2, 0.25) is 0 Å². The summed E-state index contributed by atoms with van der Waals surface area (Å²) in [6, 6.07) is 30.6. The molecule has 0 atom stereocenters. The lowest BCUT2D eigenvalue weighted by Gasteiger charge is -2.47. The summed E-state index contributed by atoms with van der Waals surface area (Å²) in [4.78, 5) is 0. The average molecular weight is 465 g/mol. The molecule has 3 rings (SSSR count). The van der Waals surface area contributed by atoms with E-state index >= 15 is 0 Å². The molecule has 0 N–H and O–H groups in total. The first-order valence-corrected chi connectivity index (χ1v) is 13.8. The fourth-order valence-electron chi connectivity index (χ4n) is 3.27. The lowest BCUT2D eigenvalue weighted by molar-refractivity contribution is 1.16. The van der Waals surface area contributed by atoms with Gasteiger partial charge in [-0.15, -0.1) is 0 Å². The van der Waals surface area contributed by atoms with Gasteiger partial charge in [-0.25, -0.2) is 0 Å². The molecule has 4 nitrogen and oxygen atoms in total. The fourth-order valence-corrected chi connectivity index (χ4v) is 9.61. The molecule has 152 valence electrons. The highest BCUT2D eigenvalue weighted by molar-refractivity contribution is 8.05. The molecule has 3 aromatic carbocycles. The van der Waals surface area contributed by atoms with Crippen LogP contribution in [0.3, 0.4) is 0 Å². The Morgan fingerprint density at radius 3 is 1.10 bits per heavy atom. The smallest absolute Gasteiger partial charge is 0.248 e. The zero-order chi connectivity index (χ0) is 20.9. The Balaban J connectivity index is 2.27. The van der Waals surface area contributed by atoms with Crippen LogP contribution in [-0.4, -0.2) is 21.1 Å². The third-order valence-corrected chi connectivity index (χ3v) is 10.6. The van der Waals surface area contributed by atoms with Crippen LogP contribution < -0.4 is 14.0 Å². The van der Waals surface area contributed by atoms with Gasteiger partial charge in [0, 0.05) is 38.2 Å². The third-order valence-electron chi connectivity index (χ3n) is 4.78. The SMILES string of the molecule is CN(c1ccccc1)P(=NP(Cl)Cl)(N(C)c1ccccc1)N(C)c1ccccc1. The summed E-state index contributed by atoms with van der Waals surface area (Å²) in [7, 11) is 3.56. The van der Waals surface area contributed by atoms with E-state index < -0.39 is 14.3 Å². The number of para-hydroxylation sites is 3. The number of rotatable bonds is 7. The summed E-state index contributed by atoms with van der Waals surface area (Å²) in [6.07, 6.45) is 0. The lowest BCUT2D eigenvalue weighted by atomic mass is 10.3. The maximum Gasteiger partial charge on any atom is 0.248 e. The monoisotopic (exact) mass is 464 g/mol. The van der Waals surface area contributed by atoms with Crippen LogP contribution in [-0.2, 0) is 0 Å². The predicted molar refractivity (Wildman–Crippen MR) is 133 cm³/mol. The van der Waals surface area contributed by atoms with E-state index in [1.165, 1.54) is 0 Å². The van der Waals surface area contributed by atoms with E-state index in [-0.39, 0.29) is 0 Å². The molecule has 0 saturated carbocycles. The summed E-state index contributed by atoms with van der Waals surface area (Å²) >= 11 is 12.7. The topological polar surface area (TPSA) is 22.1 Å². The van der Waals surface area contributed by atoms with Crippen LogP contribution >= 0.6 is 36.8 Å².